The first-order chi connectivity index (χ1) is 11.3. The number of nitrogens with one attached hydrogen (secondary N) is 2. The van der Waals surface area contributed by atoms with Gasteiger partial charge in [-0.25, -0.2) is 10.2 Å². The molecule has 0 heterocycles. The summed E-state index contributed by atoms with van der Waals surface area (Å²) in [5.41, 5.74) is 5.29. The first kappa shape index (κ1) is 16.7. The maximum Gasteiger partial charge on any atom is 0.339 e. The highest BCUT2D eigenvalue weighted by molar-refractivity contribution is 6.01. The van der Waals surface area contributed by atoms with Gasteiger partial charge in [-0.1, -0.05) is 68.3 Å². The highest BCUT2D eigenvalue weighted by Gasteiger charge is 2.05. The van der Waals surface area contributed by atoms with Gasteiger partial charge in [0.05, 0.1) is 5.71 Å². The van der Waals surface area contributed by atoms with Crippen LogP contribution in [0.15, 0.2) is 65.8 Å². The van der Waals surface area contributed by atoms with Crippen LogP contribution in [-0.4, -0.2) is 11.7 Å². The van der Waals surface area contributed by atoms with Crippen LogP contribution in [0.2, 0.25) is 0 Å². The first-order valence-electron chi connectivity index (χ1n) is 8.03. The van der Waals surface area contributed by atoms with Gasteiger partial charge < -0.3 is 5.32 Å². The number of nitrogens with zero attached hydrogens (tertiary/aromatic N) is 1. The van der Waals surface area contributed by atoms with Crippen molar-refractivity contribution in [1.29, 1.82) is 0 Å². The lowest BCUT2D eigenvalue weighted by molar-refractivity contribution is 0.252. The second kappa shape index (κ2) is 9.41. The molecule has 0 saturated heterocycles. The van der Waals surface area contributed by atoms with Crippen molar-refractivity contribution in [3.05, 3.63) is 66.2 Å². The SMILES string of the molecule is CCCCC/C(=N/NC(=O)Nc1ccccc1)c1ccccc1. The molecule has 2 aromatic rings. The lowest BCUT2D eigenvalue weighted by atomic mass is 10.0. The molecule has 0 radical (unpaired) electrons. The fourth-order valence-electron chi connectivity index (χ4n) is 2.24. The molecule has 0 fully saturated rings. The normalized spacial score (nSPS) is 11.1. The molecule has 4 nitrogen and oxygen atoms in total. The van der Waals surface area contributed by atoms with Crippen LogP contribution in [0.5, 0.6) is 0 Å². The summed E-state index contributed by atoms with van der Waals surface area (Å²) in [5, 5.41) is 7.08. The van der Waals surface area contributed by atoms with E-state index in [0.29, 0.717) is 0 Å². The Kier molecular flexibility index (Phi) is 6.85. The van der Waals surface area contributed by atoms with Crippen molar-refractivity contribution in [3.8, 4) is 0 Å². The molecule has 0 unspecified atom stereocenters. The van der Waals surface area contributed by atoms with E-state index in [9.17, 15) is 4.79 Å². The first-order valence-corrected chi connectivity index (χ1v) is 8.03. The highest BCUT2D eigenvalue weighted by Crippen LogP contribution is 2.09. The summed E-state index contributed by atoms with van der Waals surface area (Å²) < 4.78 is 0. The zero-order valence-electron chi connectivity index (χ0n) is 13.5. The molecule has 120 valence electrons. The molecule has 0 aliphatic heterocycles. The van der Waals surface area contributed by atoms with Crippen LogP contribution < -0.4 is 10.7 Å². The molecule has 0 aliphatic carbocycles. The fraction of sp³-hybridized carbons (Fsp3) is 0.263. The Balaban J connectivity index is 2.00. The third kappa shape index (κ3) is 5.94. The summed E-state index contributed by atoms with van der Waals surface area (Å²) in [7, 11) is 0. The molecule has 0 saturated carbocycles. The van der Waals surface area contributed by atoms with Crippen molar-refractivity contribution >= 4 is 17.4 Å². The van der Waals surface area contributed by atoms with Gasteiger partial charge >= 0.3 is 6.03 Å². The Morgan fingerprint density at radius 3 is 2.26 bits per heavy atom. The number of rotatable bonds is 7. The zero-order valence-corrected chi connectivity index (χ0v) is 13.5. The van der Waals surface area contributed by atoms with Crippen molar-refractivity contribution in [2.75, 3.05) is 5.32 Å². The largest absolute Gasteiger partial charge is 0.339 e. The number of benzene rings is 2. The van der Waals surface area contributed by atoms with E-state index in [1.807, 2.05) is 60.7 Å². The van der Waals surface area contributed by atoms with E-state index in [2.05, 4.69) is 22.8 Å². The number of unbranched alkanes of at least 4 members (excludes halogenated alkanes) is 2. The van der Waals surface area contributed by atoms with Crippen LogP contribution in [0.25, 0.3) is 0 Å². The van der Waals surface area contributed by atoms with Crippen LogP contribution in [-0.2, 0) is 0 Å². The van der Waals surface area contributed by atoms with E-state index in [-0.39, 0.29) is 6.03 Å². The number of urea groups is 1. The van der Waals surface area contributed by atoms with Gasteiger partial charge in [0.2, 0.25) is 0 Å². The monoisotopic (exact) mass is 309 g/mol. The third-order valence-corrected chi connectivity index (χ3v) is 3.45. The van der Waals surface area contributed by atoms with E-state index in [1.54, 1.807) is 0 Å². The number of carbonyl (C=O) groups excluding carboxylic acids is 1. The molecule has 2 N–H and O–H groups in total. The number of amides is 2. The van der Waals surface area contributed by atoms with E-state index < -0.39 is 0 Å². The topological polar surface area (TPSA) is 53.5 Å². The second-order valence-electron chi connectivity index (χ2n) is 5.31. The van der Waals surface area contributed by atoms with Gasteiger partial charge in [0, 0.05) is 5.69 Å². The number of carbonyl (C=O) groups is 1. The molecule has 2 amide bonds. The van der Waals surface area contributed by atoms with Crippen LogP contribution in [0, 0.1) is 0 Å². The summed E-state index contributed by atoms with van der Waals surface area (Å²) in [4.78, 5) is 11.9. The summed E-state index contributed by atoms with van der Waals surface area (Å²) in [6, 6.07) is 19.0. The van der Waals surface area contributed by atoms with Crippen LogP contribution in [0.3, 0.4) is 0 Å². The van der Waals surface area contributed by atoms with Crippen molar-refractivity contribution in [3.63, 3.8) is 0 Å². The molecule has 4 heteroatoms. The number of para-hydroxylation sites is 1. The van der Waals surface area contributed by atoms with Gasteiger partial charge in [0.1, 0.15) is 0 Å². The third-order valence-electron chi connectivity index (χ3n) is 3.45. The number of hydrazone groups is 1. The van der Waals surface area contributed by atoms with Crippen LogP contribution in [0.4, 0.5) is 10.5 Å². The van der Waals surface area contributed by atoms with Gasteiger partial charge in [-0.15, -0.1) is 0 Å². The summed E-state index contributed by atoms with van der Waals surface area (Å²) in [6.07, 6.45) is 4.22. The van der Waals surface area contributed by atoms with Gasteiger partial charge in [0.25, 0.3) is 0 Å². The summed E-state index contributed by atoms with van der Waals surface area (Å²) in [6.45, 7) is 2.17. The van der Waals surface area contributed by atoms with Crippen LogP contribution in [0.1, 0.15) is 38.2 Å². The lowest BCUT2D eigenvalue weighted by Gasteiger charge is -2.08. The predicted octanol–water partition coefficient (Wildman–Crippen LogP) is 4.79. The Hall–Kier alpha value is -2.62. The minimum Gasteiger partial charge on any atom is -0.307 e. The Bertz CT molecular complexity index is 624. The Labute approximate surface area is 137 Å². The standard InChI is InChI=1S/C19H23N3O/c1-2-3-6-15-18(16-11-7-4-8-12-16)21-22-19(23)20-17-13-9-5-10-14-17/h4-5,7-14H,2-3,6,15H2,1H3,(H2,20,22,23)/b21-18-. The van der Waals surface area contributed by atoms with Crippen molar-refractivity contribution in [2.24, 2.45) is 5.10 Å². The molecular formula is C19H23N3O. The van der Waals surface area contributed by atoms with Gasteiger partial charge in [0.15, 0.2) is 0 Å². The average molecular weight is 309 g/mol. The molecular weight excluding hydrogens is 286 g/mol. The van der Waals surface area contributed by atoms with Gasteiger partial charge in [-0.3, -0.25) is 0 Å². The van der Waals surface area contributed by atoms with Crippen molar-refractivity contribution in [2.45, 2.75) is 32.6 Å². The smallest absolute Gasteiger partial charge is 0.307 e. The minimum atomic E-state index is -0.333. The molecule has 0 bridgehead atoms. The second-order valence-corrected chi connectivity index (χ2v) is 5.31. The maximum absolute atomic E-state index is 11.9. The highest BCUT2D eigenvalue weighted by atomic mass is 16.2. The number of anilines is 1. The molecule has 0 aromatic heterocycles. The summed E-state index contributed by atoms with van der Waals surface area (Å²) in [5.74, 6) is 0. The molecule has 0 atom stereocenters. The molecule has 23 heavy (non-hydrogen) atoms. The average Bonchev–Trinajstić information content (AvgIpc) is 2.59. The van der Waals surface area contributed by atoms with E-state index >= 15 is 0 Å². The van der Waals surface area contributed by atoms with E-state index in [4.69, 9.17) is 0 Å². The van der Waals surface area contributed by atoms with E-state index in [1.165, 1.54) is 0 Å². The molecule has 0 aliphatic rings. The van der Waals surface area contributed by atoms with Crippen LogP contribution >= 0.6 is 0 Å². The quantitative estimate of drug-likeness (QED) is 0.431. The maximum atomic E-state index is 11.9. The minimum absolute atomic E-state index is 0.333. The Morgan fingerprint density at radius 2 is 1.61 bits per heavy atom. The fourth-order valence-corrected chi connectivity index (χ4v) is 2.24. The summed E-state index contributed by atoms with van der Waals surface area (Å²) >= 11 is 0. The molecule has 0 spiro atoms. The number of hydrogen-bond acceptors (Lipinski definition) is 2. The molecule has 2 rings (SSSR count). The number of hydrogen-bond donors (Lipinski definition) is 2. The lowest BCUT2D eigenvalue weighted by Crippen LogP contribution is -2.25. The zero-order chi connectivity index (χ0) is 16.3. The van der Waals surface area contributed by atoms with Gasteiger partial charge in [-0.05, 0) is 30.5 Å². The van der Waals surface area contributed by atoms with Crippen molar-refractivity contribution < 1.29 is 4.79 Å². The van der Waals surface area contributed by atoms with E-state index in [0.717, 1.165) is 42.6 Å². The molecule has 2 aromatic carbocycles. The van der Waals surface area contributed by atoms with Gasteiger partial charge in [-0.2, -0.15) is 5.10 Å². The Morgan fingerprint density at radius 1 is 0.957 bits per heavy atom. The predicted molar refractivity (Wildman–Crippen MR) is 95.7 cm³/mol. The van der Waals surface area contributed by atoms with Crippen molar-refractivity contribution in [1.82, 2.24) is 5.43 Å².